The van der Waals surface area contributed by atoms with Crippen LogP contribution in [0.15, 0.2) is 10.6 Å². The third-order valence-electron chi connectivity index (χ3n) is 2.68. The maximum Gasteiger partial charge on any atom is 0.195 e. The molecule has 2 heterocycles. The first-order chi connectivity index (χ1) is 7.24. The molecule has 2 unspecified atom stereocenters. The van der Waals surface area contributed by atoms with E-state index in [-0.39, 0.29) is 6.10 Å². The van der Waals surface area contributed by atoms with E-state index in [1.165, 1.54) is 12.8 Å². The molecule has 0 amide bonds. The molecule has 0 spiro atoms. The Kier molecular flexibility index (Phi) is 3.38. The van der Waals surface area contributed by atoms with Gasteiger partial charge in [-0.2, -0.15) is 0 Å². The van der Waals surface area contributed by atoms with Gasteiger partial charge in [-0.1, -0.05) is 0 Å². The normalized spacial score (nSPS) is 23.2. The molecule has 1 aliphatic rings. The molecular weight excluding hydrogens is 192 g/mol. The summed E-state index contributed by atoms with van der Waals surface area (Å²) in [4.78, 5) is 4.21. The largest absolute Gasteiger partial charge is 0.446 e. The van der Waals surface area contributed by atoms with Crippen LogP contribution in [0.25, 0.3) is 0 Å². The fourth-order valence-corrected chi connectivity index (χ4v) is 1.97. The Hall–Kier alpha value is -0.870. The predicted molar refractivity (Wildman–Crippen MR) is 56.6 cm³/mol. The van der Waals surface area contributed by atoms with Crippen LogP contribution < -0.4 is 5.32 Å². The van der Waals surface area contributed by atoms with E-state index >= 15 is 0 Å². The van der Waals surface area contributed by atoms with E-state index < -0.39 is 0 Å². The Morgan fingerprint density at radius 3 is 3.27 bits per heavy atom. The fraction of sp³-hybridized carbons (Fsp3) is 0.727. The topological polar surface area (TPSA) is 58.3 Å². The number of rotatable bonds is 4. The van der Waals surface area contributed by atoms with Gasteiger partial charge in [0.05, 0.1) is 12.3 Å². The Morgan fingerprint density at radius 1 is 1.73 bits per heavy atom. The van der Waals surface area contributed by atoms with Crippen molar-refractivity contribution in [1.29, 1.82) is 0 Å². The minimum atomic E-state index is -0.365. The minimum Gasteiger partial charge on any atom is -0.446 e. The second-order valence-corrected chi connectivity index (χ2v) is 4.27. The lowest BCUT2D eigenvalue weighted by atomic mass is 10.2. The van der Waals surface area contributed by atoms with Crippen LogP contribution in [-0.2, 0) is 12.8 Å². The van der Waals surface area contributed by atoms with Gasteiger partial charge in [0.15, 0.2) is 5.89 Å². The number of nitrogens with zero attached hydrogens (tertiary/aromatic N) is 1. The molecule has 0 bridgehead atoms. The molecule has 0 saturated carbocycles. The van der Waals surface area contributed by atoms with Crippen molar-refractivity contribution in [2.24, 2.45) is 0 Å². The van der Waals surface area contributed by atoms with E-state index in [4.69, 9.17) is 4.42 Å². The summed E-state index contributed by atoms with van der Waals surface area (Å²) in [6.45, 7) is 2.85. The van der Waals surface area contributed by atoms with Crippen molar-refractivity contribution in [3.63, 3.8) is 0 Å². The van der Waals surface area contributed by atoms with Gasteiger partial charge >= 0.3 is 0 Å². The number of hydrogen-bond acceptors (Lipinski definition) is 4. The van der Waals surface area contributed by atoms with E-state index in [2.05, 4.69) is 10.3 Å². The zero-order valence-corrected chi connectivity index (χ0v) is 9.07. The number of aromatic nitrogens is 1. The van der Waals surface area contributed by atoms with Crippen LogP contribution in [0.3, 0.4) is 0 Å². The molecule has 0 radical (unpaired) electrons. The molecule has 1 aromatic heterocycles. The number of hydrogen-bond donors (Lipinski definition) is 2. The van der Waals surface area contributed by atoms with Gasteiger partial charge in [0.25, 0.3) is 0 Å². The third-order valence-corrected chi connectivity index (χ3v) is 2.68. The summed E-state index contributed by atoms with van der Waals surface area (Å²) in [7, 11) is 0. The van der Waals surface area contributed by atoms with E-state index in [0.717, 1.165) is 24.6 Å². The molecular formula is C11H18N2O2. The second kappa shape index (κ2) is 4.77. The smallest absolute Gasteiger partial charge is 0.195 e. The Bertz CT molecular complexity index is 303. The highest BCUT2D eigenvalue weighted by molar-refractivity contribution is 4.97. The summed E-state index contributed by atoms with van der Waals surface area (Å²) >= 11 is 0. The fourth-order valence-electron chi connectivity index (χ4n) is 1.97. The zero-order valence-electron chi connectivity index (χ0n) is 9.07. The van der Waals surface area contributed by atoms with Gasteiger partial charge in [-0.05, 0) is 26.3 Å². The lowest BCUT2D eigenvalue weighted by Crippen LogP contribution is -2.23. The van der Waals surface area contributed by atoms with Gasteiger partial charge in [-0.15, -0.1) is 0 Å². The van der Waals surface area contributed by atoms with Crippen molar-refractivity contribution >= 4 is 0 Å². The Balaban J connectivity index is 1.88. The van der Waals surface area contributed by atoms with Crippen molar-refractivity contribution in [3.05, 3.63) is 17.8 Å². The third kappa shape index (κ3) is 3.04. The molecule has 1 aromatic rings. The average molecular weight is 210 g/mol. The number of aliphatic hydroxyl groups excluding tert-OH is 1. The Labute approximate surface area is 89.7 Å². The summed E-state index contributed by atoms with van der Waals surface area (Å²) < 4.78 is 5.55. The summed E-state index contributed by atoms with van der Waals surface area (Å²) in [5, 5.41) is 12.6. The first-order valence-electron chi connectivity index (χ1n) is 5.59. The molecule has 84 valence electrons. The van der Waals surface area contributed by atoms with Crippen LogP contribution in [0.1, 0.15) is 31.4 Å². The summed E-state index contributed by atoms with van der Waals surface area (Å²) in [5.74, 6) is 1.56. The van der Waals surface area contributed by atoms with Crippen LogP contribution in [0.5, 0.6) is 0 Å². The highest BCUT2D eigenvalue weighted by Gasteiger charge is 2.17. The number of aliphatic hydroxyl groups is 1. The van der Waals surface area contributed by atoms with Crippen LogP contribution in [-0.4, -0.2) is 28.8 Å². The SMILES string of the molecule is CC(O)Cc1cnc(CC2CCCN2)o1. The van der Waals surface area contributed by atoms with Gasteiger partial charge in [0.2, 0.25) is 0 Å². The first kappa shape index (κ1) is 10.6. The lowest BCUT2D eigenvalue weighted by molar-refractivity contribution is 0.186. The average Bonchev–Trinajstić information content (AvgIpc) is 2.77. The zero-order chi connectivity index (χ0) is 10.7. The summed E-state index contributed by atoms with van der Waals surface area (Å²) in [5.41, 5.74) is 0. The summed E-state index contributed by atoms with van der Waals surface area (Å²) in [6, 6.07) is 0.517. The van der Waals surface area contributed by atoms with Crippen LogP contribution >= 0.6 is 0 Å². The highest BCUT2D eigenvalue weighted by atomic mass is 16.4. The standard InChI is InChI=1S/C11H18N2O2/c1-8(14)5-10-7-13-11(15-10)6-9-3-2-4-12-9/h7-9,12,14H,2-6H2,1H3. The quantitative estimate of drug-likeness (QED) is 0.775. The van der Waals surface area contributed by atoms with Gasteiger partial charge in [-0.25, -0.2) is 4.98 Å². The van der Waals surface area contributed by atoms with Gasteiger partial charge in [0, 0.05) is 18.9 Å². The van der Waals surface area contributed by atoms with E-state index in [0.29, 0.717) is 12.5 Å². The van der Waals surface area contributed by atoms with Crippen molar-refractivity contribution < 1.29 is 9.52 Å². The molecule has 0 aromatic carbocycles. The van der Waals surface area contributed by atoms with Gasteiger partial charge in [0.1, 0.15) is 5.76 Å². The molecule has 2 N–H and O–H groups in total. The maximum absolute atomic E-state index is 9.20. The molecule has 0 aliphatic carbocycles. The summed E-state index contributed by atoms with van der Waals surface area (Å²) in [6.07, 6.45) is 5.21. The monoisotopic (exact) mass is 210 g/mol. The Morgan fingerprint density at radius 2 is 2.60 bits per heavy atom. The highest BCUT2D eigenvalue weighted by Crippen LogP contribution is 2.13. The molecule has 4 heteroatoms. The van der Waals surface area contributed by atoms with E-state index in [1.807, 2.05) is 0 Å². The molecule has 1 saturated heterocycles. The first-order valence-corrected chi connectivity index (χ1v) is 5.59. The van der Waals surface area contributed by atoms with Crippen molar-refractivity contribution in [1.82, 2.24) is 10.3 Å². The second-order valence-electron chi connectivity index (χ2n) is 4.27. The molecule has 1 fully saturated rings. The maximum atomic E-state index is 9.20. The molecule has 2 rings (SSSR count). The molecule has 4 nitrogen and oxygen atoms in total. The van der Waals surface area contributed by atoms with E-state index in [1.54, 1.807) is 13.1 Å². The molecule has 1 aliphatic heterocycles. The number of nitrogens with one attached hydrogen (secondary N) is 1. The lowest BCUT2D eigenvalue weighted by Gasteiger charge is -2.05. The van der Waals surface area contributed by atoms with Gasteiger partial charge < -0.3 is 14.8 Å². The van der Waals surface area contributed by atoms with Crippen molar-refractivity contribution in [2.75, 3.05) is 6.54 Å². The van der Waals surface area contributed by atoms with Crippen molar-refractivity contribution in [2.45, 2.75) is 44.8 Å². The van der Waals surface area contributed by atoms with Crippen LogP contribution in [0, 0.1) is 0 Å². The van der Waals surface area contributed by atoms with Gasteiger partial charge in [-0.3, -0.25) is 0 Å². The van der Waals surface area contributed by atoms with Crippen LogP contribution in [0.2, 0.25) is 0 Å². The molecule has 15 heavy (non-hydrogen) atoms. The molecule has 2 atom stereocenters. The number of oxazole rings is 1. The van der Waals surface area contributed by atoms with Crippen LogP contribution in [0.4, 0.5) is 0 Å². The predicted octanol–water partition coefficient (Wildman–Crippen LogP) is 0.892. The van der Waals surface area contributed by atoms with Crippen molar-refractivity contribution in [3.8, 4) is 0 Å². The van der Waals surface area contributed by atoms with E-state index in [9.17, 15) is 5.11 Å². The minimum absolute atomic E-state index is 0.365.